The molecule has 0 unspecified atom stereocenters. The van der Waals surface area contributed by atoms with Gasteiger partial charge in [0.1, 0.15) is 17.4 Å². The highest BCUT2D eigenvalue weighted by molar-refractivity contribution is 7.14. The largest absolute Gasteiger partial charge is 0.361 e. The van der Waals surface area contributed by atoms with E-state index in [0.717, 1.165) is 29.5 Å². The quantitative estimate of drug-likeness (QED) is 0.800. The van der Waals surface area contributed by atoms with Crippen LogP contribution in [-0.4, -0.2) is 16.0 Å². The normalized spacial score (nSPS) is 10.7. The minimum absolute atomic E-state index is 0.0361. The molecule has 0 aliphatic carbocycles. The van der Waals surface area contributed by atoms with Crippen LogP contribution in [0.25, 0.3) is 11.3 Å². The maximum atomic E-state index is 13.7. The number of aromatic nitrogens is 2. The number of anilines is 1. The monoisotopic (exact) mass is 321 g/mol. The van der Waals surface area contributed by atoms with Gasteiger partial charge in [0.2, 0.25) is 0 Å². The number of hydrogen-bond donors (Lipinski definition) is 1. The van der Waals surface area contributed by atoms with Gasteiger partial charge in [-0.05, 0) is 25.1 Å². The second kappa shape index (κ2) is 5.64. The lowest BCUT2D eigenvalue weighted by Crippen LogP contribution is -2.11. The molecule has 0 radical (unpaired) electrons. The molecule has 2 aromatic heterocycles. The fourth-order valence-corrected chi connectivity index (χ4v) is 2.49. The van der Waals surface area contributed by atoms with Crippen LogP contribution in [0.3, 0.4) is 0 Å². The summed E-state index contributed by atoms with van der Waals surface area (Å²) in [6.07, 6.45) is 0. The number of nitrogens with one attached hydrogen (secondary N) is 1. The molecule has 1 N–H and O–H groups in total. The molecule has 0 saturated heterocycles. The third-order valence-electron chi connectivity index (χ3n) is 2.79. The van der Waals surface area contributed by atoms with Crippen LogP contribution in [0.1, 0.15) is 16.2 Å². The number of amides is 1. The summed E-state index contributed by atoms with van der Waals surface area (Å²) in [5.41, 5.74) is 0.397. The van der Waals surface area contributed by atoms with E-state index >= 15 is 0 Å². The zero-order valence-corrected chi connectivity index (χ0v) is 12.1. The van der Waals surface area contributed by atoms with Crippen LogP contribution in [0.5, 0.6) is 0 Å². The highest BCUT2D eigenvalue weighted by Gasteiger charge is 2.15. The Morgan fingerprint density at radius 3 is 2.86 bits per heavy atom. The van der Waals surface area contributed by atoms with Gasteiger partial charge in [0.25, 0.3) is 5.91 Å². The summed E-state index contributed by atoms with van der Waals surface area (Å²) in [7, 11) is 0. The van der Waals surface area contributed by atoms with Crippen molar-refractivity contribution >= 4 is 22.4 Å². The Kier molecular flexibility index (Phi) is 3.68. The molecule has 8 heteroatoms. The van der Waals surface area contributed by atoms with Crippen LogP contribution in [0.15, 0.2) is 34.2 Å². The van der Waals surface area contributed by atoms with Gasteiger partial charge in [0, 0.05) is 17.0 Å². The molecular formula is C14H9F2N3O2S. The van der Waals surface area contributed by atoms with E-state index in [1.807, 2.05) is 0 Å². The van der Waals surface area contributed by atoms with Gasteiger partial charge in [-0.3, -0.25) is 10.1 Å². The molecule has 3 rings (SSSR count). The fraction of sp³-hybridized carbons (Fsp3) is 0.0714. The summed E-state index contributed by atoms with van der Waals surface area (Å²) >= 11 is 1.10. The number of carbonyl (C=O) groups excluding carboxylic acids is 1. The van der Waals surface area contributed by atoms with E-state index in [9.17, 15) is 13.6 Å². The number of nitrogens with zero attached hydrogens (tertiary/aromatic N) is 2. The average molecular weight is 321 g/mol. The van der Waals surface area contributed by atoms with Crippen molar-refractivity contribution in [3.8, 4) is 11.3 Å². The van der Waals surface area contributed by atoms with Crippen LogP contribution in [0.2, 0.25) is 0 Å². The van der Waals surface area contributed by atoms with E-state index in [1.165, 1.54) is 11.4 Å². The van der Waals surface area contributed by atoms with Crippen LogP contribution in [0, 0.1) is 18.6 Å². The van der Waals surface area contributed by atoms with Crippen LogP contribution >= 0.6 is 11.3 Å². The third-order valence-corrected chi connectivity index (χ3v) is 3.55. The first kappa shape index (κ1) is 14.3. The molecule has 1 aromatic carbocycles. The van der Waals surface area contributed by atoms with E-state index in [4.69, 9.17) is 4.52 Å². The molecule has 0 spiro atoms. The van der Waals surface area contributed by atoms with Gasteiger partial charge in [-0.15, -0.1) is 11.3 Å². The summed E-state index contributed by atoms with van der Waals surface area (Å²) in [5, 5.41) is 7.89. The van der Waals surface area contributed by atoms with Gasteiger partial charge < -0.3 is 4.52 Å². The zero-order chi connectivity index (χ0) is 15.7. The molecular weight excluding hydrogens is 312 g/mol. The molecule has 0 aliphatic heterocycles. The zero-order valence-electron chi connectivity index (χ0n) is 11.3. The highest BCUT2D eigenvalue weighted by atomic mass is 32.1. The van der Waals surface area contributed by atoms with Gasteiger partial charge in [-0.25, -0.2) is 13.8 Å². The minimum atomic E-state index is -0.586. The molecule has 1 amide bonds. The van der Waals surface area contributed by atoms with Crippen molar-refractivity contribution in [2.45, 2.75) is 6.92 Å². The number of halogens is 2. The molecule has 0 saturated carbocycles. The molecule has 22 heavy (non-hydrogen) atoms. The van der Waals surface area contributed by atoms with E-state index in [2.05, 4.69) is 15.5 Å². The number of carbonyl (C=O) groups is 1. The lowest BCUT2D eigenvalue weighted by atomic mass is 10.1. The minimum Gasteiger partial charge on any atom is -0.361 e. The van der Waals surface area contributed by atoms with Gasteiger partial charge in [-0.1, -0.05) is 5.16 Å². The first-order valence-electron chi connectivity index (χ1n) is 6.18. The number of hydrogen-bond acceptors (Lipinski definition) is 5. The number of aryl methyl sites for hydroxylation is 1. The standard InChI is InChI=1S/C14H9F2N3O2S/c1-7-4-11(19-21-7)13(20)18-14-17-12(6-22-14)9-5-8(15)2-3-10(9)16/h2-6H,1H3,(H,17,18,20). The van der Waals surface area contributed by atoms with E-state index in [1.54, 1.807) is 6.92 Å². The molecule has 3 aromatic rings. The highest BCUT2D eigenvalue weighted by Crippen LogP contribution is 2.27. The molecule has 2 heterocycles. The second-order valence-corrected chi connectivity index (χ2v) is 5.30. The van der Waals surface area contributed by atoms with E-state index in [-0.39, 0.29) is 22.1 Å². The van der Waals surface area contributed by atoms with Gasteiger partial charge in [-0.2, -0.15) is 0 Å². The van der Waals surface area contributed by atoms with Crippen LogP contribution in [-0.2, 0) is 0 Å². The number of rotatable bonds is 3. The third kappa shape index (κ3) is 2.86. The maximum Gasteiger partial charge on any atom is 0.279 e. The first-order valence-corrected chi connectivity index (χ1v) is 7.06. The summed E-state index contributed by atoms with van der Waals surface area (Å²) < 4.78 is 31.7. The van der Waals surface area contributed by atoms with Crippen molar-refractivity contribution in [3.63, 3.8) is 0 Å². The molecule has 112 valence electrons. The Bertz CT molecular complexity index is 844. The molecule has 0 aliphatic rings. The molecule has 0 fully saturated rings. The van der Waals surface area contributed by atoms with Crippen LogP contribution in [0.4, 0.5) is 13.9 Å². The first-order chi connectivity index (χ1) is 10.5. The Morgan fingerprint density at radius 2 is 2.14 bits per heavy atom. The van der Waals surface area contributed by atoms with Crippen LogP contribution < -0.4 is 5.32 Å². The summed E-state index contributed by atoms with van der Waals surface area (Å²) in [6.45, 7) is 1.66. The van der Waals surface area contributed by atoms with E-state index in [0.29, 0.717) is 5.76 Å². The SMILES string of the molecule is Cc1cc(C(=O)Nc2nc(-c3cc(F)ccc3F)cs2)no1. The van der Waals surface area contributed by atoms with E-state index < -0.39 is 17.5 Å². The summed E-state index contributed by atoms with van der Waals surface area (Å²) in [6, 6.07) is 4.59. The van der Waals surface area contributed by atoms with Gasteiger partial charge in [0.15, 0.2) is 10.8 Å². The molecule has 5 nitrogen and oxygen atoms in total. The Balaban J connectivity index is 1.82. The lowest BCUT2D eigenvalue weighted by molar-refractivity contribution is 0.101. The predicted octanol–water partition coefficient (Wildman–Crippen LogP) is 3.64. The fourth-order valence-electron chi connectivity index (χ4n) is 1.78. The molecule has 0 bridgehead atoms. The molecule has 0 atom stereocenters. The number of thiazole rings is 1. The van der Waals surface area contributed by atoms with Crippen molar-refractivity contribution in [1.29, 1.82) is 0 Å². The van der Waals surface area contributed by atoms with Gasteiger partial charge in [0.05, 0.1) is 5.69 Å². The lowest BCUT2D eigenvalue weighted by Gasteiger charge is -1.99. The van der Waals surface area contributed by atoms with Crippen molar-refractivity contribution in [3.05, 3.63) is 52.7 Å². The van der Waals surface area contributed by atoms with Gasteiger partial charge >= 0.3 is 0 Å². The Hall–Kier alpha value is -2.61. The average Bonchev–Trinajstić information content (AvgIpc) is 3.11. The van der Waals surface area contributed by atoms with Crippen molar-refractivity contribution in [1.82, 2.24) is 10.1 Å². The smallest absolute Gasteiger partial charge is 0.279 e. The number of benzene rings is 1. The Morgan fingerprint density at radius 1 is 1.32 bits per heavy atom. The van der Waals surface area contributed by atoms with Crippen molar-refractivity contribution in [2.24, 2.45) is 0 Å². The predicted molar refractivity (Wildman–Crippen MR) is 76.7 cm³/mol. The maximum absolute atomic E-state index is 13.7. The second-order valence-electron chi connectivity index (χ2n) is 4.44. The topological polar surface area (TPSA) is 68.0 Å². The summed E-state index contributed by atoms with van der Waals surface area (Å²) in [5.74, 6) is -1.13. The van der Waals surface area contributed by atoms with Crippen molar-refractivity contribution < 1.29 is 18.1 Å². The Labute approximate surface area is 127 Å². The van der Waals surface area contributed by atoms with Crippen molar-refractivity contribution in [2.75, 3.05) is 5.32 Å². The summed E-state index contributed by atoms with van der Waals surface area (Å²) in [4.78, 5) is 16.0.